The van der Waals surface area contributed by atoms with E-state index in [0.717, 1.165) is 5.58 Å². The lowest BCUT2D eigenvalue weighted by Gasteiger charge is -1.88. The Kier molecular flexibility index (Phi) is 1.41. The average molecular weight is 244 g/mol. The predicted octanol–water partition coefficient (Wildman–Crippen LogP) is 3.04. The third kappa shape index (κ3) is 0.831. The Balaban J connectivity index is 2.95. The van der Waals surface area contributed by atoms with Crippen LogP contribution in [0.15, 0.2) is 34.9 Å². The maximum atomic E-state index is 5.24. The number of para-hydroxylation sites is 1. The molecular formula is C8H5IO. The largest absolute Gasteiger partial charge is 0.463 e. The van der Waals surface area contributed by atoms with Crippen molar-refractivity contribution in [2.45, 2.75) is 0 Å². The van der Waals surface area contributed by atoms with E-state index in [-0.39, 0.29) is 0 Å². The molecule has 0 aliphatic carbocycles. The second-order valence-electron chi connectivity index (χ2n) is 2.08. The fourth-order valence-corrected chi connectivity index (χ4v) is 1.60. The normalized spacial score (nSPS) is 10.5. The van der Waals surface area contributed by atoms with Crippen LogP contribution in [0.1, 0.15) is 0 Å². The summed E-state index contributed by atoms with van der Waals surface area (Å²) in [6.07, 6.45) is 1.72. The molecule has 2 heteroatoms. The highest BCUT2D eigenvalue weighted by molar-refractivity contribution is 14.1. The van der Waals surface area contributed by atoms with Crippen molar-refractivity contribution in [2.24, 2.45) is 0 Å². The van der Waals surface area contributed by atoms with Gasteiger partial charge in [-0.1, -0.05) is 12.1 Å². The van der Waals surface area contributed by atoms with E-state index in [4.69, 9.17) is 4.42 Å². The molecule has 1 aromatic carbocycles. The van der Waals surface area contributed by atoms with Crippen LogP contribution in [0.25, 0.3) is 11.0 Å². The van der Waals surface area contributed by atoms with Gasteiger partial charge >= 0.3 is 0 Å². The lowest BCUT2D eigenvalue weighted by molar-refractivity contribution is 0.614. The van der Waals surface area contributed by atoms with Crippen LogP contribution in [0.2, 0.25) is 0 Å². The van der Waals surface area contributed by atoms with Crippen LogP contribution < -0.4 is 0 Å². The topological polar surface area (TPSA) is 13.1 Å². The van der Waals surface area contributed by atoms with Gasteiger partial charge in [0.1, 0.15) is 5.58 Å². The third-order valence-electron chi connectivity index (χ3n) is 1.43. The van der Waals surface area contributed by atoms with E-state index < -0.39 is 0 Å². The highest BCUT2D eigenvalue weighted by Gasteiger charge is 1.97. The molecule has 0 fully saturated rings. The summed E-state index contributed by atoms with van der Waals surface area (Å²) in [5, 5.41) is 1.17. The first kappa shape index (κ1) is 6.22. The molecule has 0 bridgehead atoms. The van der Waals surface area contributed by atoms with Crippen molar-refractivity contribution in [3.8, 4) is 0 Å². The monoisotopic (exact) mass is 244 g/mol. The first-order valence-corrected chi connectivity index (χ1v) is 4.07. The van der Waals surface area contributed by atoms with E-state index in [0.29, 0.717) is 0 Å². The minimum atomic E-state index is 0.989. The molecule has 0 saturated carbocycles. The SMILES string of the molecule is Ic1cccc2ccoc12. The van der Waals surface area contributed by atoms with Gasteiger partial charge in [-0.3, -0.25) is 0 Å². The standard InChI is InChI=1S/C8H5IO/c9-7-3-1-2-6-4-5-10-8(6)7/h1-5H. The number of benzene rings is 1. The van der Waals surface area contributed by atoms with Gasteiger partial charge < -0.3 is 4.42 Å². The molecule has 0 atom stereocenters. The number of halogens is 1. The molecule has 0 N–H and O–H groups in total. The third-order valence-corrected chi connectivity index (χ3v) is 2.28. The van der Waals surface area contributed by atoms with Crippen molar-refractivity contribution < 1.29 is 4.42 Å². The predicted molar refractivity (Wildman–Crippen MR) is 48.9 cm³/mol. The first-order valence-electron chi connectivity index (χ1n) is 2.99. The average Bonchev–Trinajstić information content (AvgIpc) is 2.36. The molecule has 50 valence electrons. The molecule has 0 aliphatic rings. The van der Waals surface area contributed by atoms with E-state index in [1.165, 1.54) is 8.96 Å². The Morgan fingerprint density at radius 1 is 1.20 bits per heavy atom. The minimum absolute atomic E-state index is 0.989. The molecule has 0 radical (unpaired) electrons. The lowest BCUT2D eigenvalue weighted by atomic mass is 10.3. The Morgan fingerprint density at radius 2 is 2.10 bits per heavy atom. The van der Waals surface area contributed by atoms with Crippen LogP contribution in [0, 0.1) is 3.57 Å². The molecule has 0 saturated heterocycles. The van der Waals surface area contributed by atoms with Gasteiger partial charge in [0.25, 0.3) is 0 Å². The number of furan rings is 1. The quantitative estimate of drug-likeness (QED) is 0.649. The molecule has 1 heterocycles. The van der Waals surface area contributed by atoms with Crippen LogP contribution in [0.5, 0.6) is 0 Å². The molecule has 1 aromatic heterocycles. The van der Waals surface area contributed by atoms with Gasteiger partial charge in [0, 0.05) is 5.39 Å². The van der Waals surface area contributed by atoms with Crippen molar-refractivity contribution in [2.75, 3.05) is 0 Å². The van der Waals surface area contributed by atoms with Crippen molar-refractivity contribution in [3.63, 3.8) is 0 Å². The summed E-state index contributed by atoms with van der Waals surface area (Å²) in [7, 11) is 0. The molecule has 0 spiro atoms. The zero-order valence-electron chi connectivity index (χ0n) is 5.17. The first-order chi connectivity index (χ1) is 4.88. The van der Waals surface area contributed by atoms with E-state index >= 15 is 0 Å². The molecule has 10 heavy (non-hydrogen) atoms. The summed E-state index contributed by atoms with van der Waals surface area (Å²) in [4.78, 5) is 0. The van der Waals surface area contributed by atoms with Gasteiger partial charge in [0.15, 0.2) is 0 Å². The Morgan fingerprint density at radius 3 is 2.90 bits per heavy atom. The van der Waals surface area contributed by atoms with Crippen LogP contribution in [0.4, 0.5) is 0 Å². The molecule has 0 aliphatic heterocycles. The number of hydrogen-bond acceptors (Lipinski definition) is 1. The lowest BCUT2D eigenvalue weighted by Crippen LogP contribution is -1.68. The van der Waals surface area contributed by atoms with E-state index in [2.05, 4.69) is 22.6 Å². The van der Waals surface area contributed by atoms with Crippen LogP contribution in [-0.2, 0) is 0 Å². The number of rotatable bonds is 0. The highest BCUT2D eigenvalue weighted by Crippen LogP contribution is 2.20. The zero-order chi connectivity index (χ0) is 6.97. The number of hydrogen-bond donors (Lipinski definition) is 0. The van der Waals surface area contributed by atoms with Crippen molar-refractivity contribution >= 4 is 33.6 Å². The molecule has 0 amide bonds. The van der Waals surface area contributed by atoms with Crippen molar-refractivity contribution in [3.05, 3.63) is 34.1 Å². The van der Waals surface area contributed by atoms with Crippen LogP contribution in [-0.4, -0.2) is 0 Å². The van der Waals surface area contributed by atoms with E-state index in [1.54, 1.807) is 6.26 Å². The molecular weight excluding hydrogens is 239 g/mol. The van der Waals surface area contributed by atoms with Gasteiger partial charge in [-0.15, -0.1) is 0 Å². The van der Waals surface area contributed by atoms with Gasteiger partial charge in [-0.25, -0.2) is 0 Å². The van der Waals surface area contributed by atoms with Crippen molar-refractivity contribution in [1.82, 2.24) is 0 Å². The summed E-state index contributed by atoms with van der Waals surface area (Å²) >= 11 is 2.26. The van der Waals surface area contributed by atoms with Crippen LogP contribution in [0.3, 0.4) is 0 Å². The number of fused-ring (bicyclic) bond motifs is 1. The Hall–Kier alpha value is -0.510. The maximum absolute atomic E-state index is 5.24. The van der Waals surface area contributed by atoms with Gasteiger partial charge in [0.05, 0.1) is 9.83 Å². The van der Waals surface area contributed by atoms with Crippen molar-refractivity contribution in [1.29, 1.82) is 0 Å². The van der Waals surface area contributed by atoms with Gasteiger partial charge in [-0.05, 0) is 34.7 Å². The molecule has 1 nitrogen and oxygen atoms in total. The molecule has 2 rings (SSSR count). The zero-order valence-corrected chi connectivity index (χ0v) is 7.33. The Labute approximate surface area is 72.2 Å². The van der Waals surface area contributed by atoms with E-state index in [1.807, 2.05) is 24.3 Å². The highest BCUT2D eigenvalue weighted by atomic mass is 127. The van der Waals surface area contributed by atoms with Gasteiger partial charge in [0.2, 0.25) is 0 Å². The summed E-state index contributed by atoms with van der Waals surface area (Å²) in [5.74, 6) is 0. The summed E-state index contributed by atoms with van der Waals surface area (Å²) in [6, 6.07) is 8.07. The smallest absolute Gasteiger partial charge is 0.147 e. The van der Waals surface area contributed by atoms with Crippen LogP contribution >= 0.6 is 22.6 Å². The minimum Gasteiger partial charge on any atom is -0.463 e. The fourth-order valence-electron chi connectivity index (χ4n) is 0.956. The maximum Gasteiger partial charge on any atom is 0.147 e. The molecule has 2 aromatic rings. The van der Waals surface area contributed by atoms with E-state index in [9.17, 15) is 0 Å². The fraction of sp³-hybridized carbons (Fsp3) is 0. The second-order valence-corrected chi connectivity index (χ2v) is 3.24. The summed E-state index contributed by atoms with van der Waals surface area (Å²) in [6.45, 7) is 0. The Bertz CT molecular complexity index is 351. The second kappa shape index (κ2) is 2.27. The summed E-state index contributed by atoms with van der Waals surface area (Å²) < 4.78 is 6.41. The molecule has 0 unspecified atom stereocenters. The summed E-state index contributed by atoms with van der Waals surface area (Å²) in [5.41, 5.74) is 0.989. The van der Waals surface area contributed by atoms with Gasteiger partial charge in [-0.2, -0.15) is 0 Å².